The summed E-state index contributed by atoms with van der Waals surface area (Å²) in [7, 11) is -3.40. The van der Waals surface area contributed by atoms with Crippen molar-refractivity contribution in [2.24, 2.45) is 0 Å². The van der Waals surface area contributed by atoms with E-state index in [0.29, 0.717) is 22.1 Å². The van der Waals surface area contributed by atoms with Crippen molar-refractivity contribution in [2.45, 2.75) is 23.6 Å². The summed E-state index contributed by atoms with van der Waals surface area (Å²) in [6.07, 6.45) is 3.31. The number of benzene rings is 1. The van der Waals surface area contributed by atoms with Gasteiger partial charge in [-0.3, -0.25) is 0 Å². The Labute approximate surface area is 160 Å². The number of rotatable bonds is 7. The molecule has 3 aromatic heterocycles. The first-order chi connectivity index (χ1) is 13.1. The Morgan fingerprint density at radius 2 is 2.00 bits per heavy atom. The second-order valence-corrected chi connectivity index (χ2v) is 9.13. The van der Waals surface area contributed by atoms with E-state index in [1.807, 2.05) is 24.3 Å². The summed E-state index contributed by atoms with van der Waals surface area (Å²) in [6.45, 7) is 1.13. The number of fused-ring (bicyclic) bond motifs is 3. The minimum absolute atomic E-state index is 0.345. The van der Waals surface area contributed by atoms with E-state index in [-0.39, 0.29) is 0 Å². The molecular formula is C18H19N5O2S2. The van der Waals surface area contributed by atoms with Crippen molar-refractivity contribution in [2.75, 3.05) is 12.3 Å². The highest BCUT2D eigenvalue weighted by Crippen LogP contribution is 2.27. The highest BCUT2D eigenvalue weighted by molar-refractivity contribution is 7.91. The Kier molecular flexibility index (Phi) is 4.81. The molecule has 0 unspecified atom stereocenters. The van der Waals surface area contributed by atoms with Gasteiger partial charge in [0.05, 0.1) is 17.4 Å². The third-order valence-corrected chi connectivity index (χ3v) is 7.22. The molecular weight excluding hydrogens is 382 g/mol. The summed E-state index contributed by atoms with van der Waals surface area (Å²) >= 11 is 1.21. The second kappa shape index (κ2) is 7.26. The van der Waals surface area contributed by atoms with E-state index >= 15 is 0 Å². The number of anilines is 1. The number of hydrogen-bond acceptors (Lipinski definition) is 6. The molecule has 0 bridgehead atoms. The molecule has 1 aromatic carbocycles. The maximum absolute atomic E-state index is 12.1. The molecule has 0 radical (unpaired) electrons. The van der Waals surface area contributed by atoms with E-state index in [1.165, 1.54) is 11.3 Å². The van der Waals surface area contributed by atoms with Gasteiger partial charge in [0.25, 0.3) is 0 Å². The van der Waals surface area contributed by atoms with Crippen molar-refractivity contribution in [1.82, 2.24) is 19.3 Å². The van der Waals surface area contributed by atoms with Crippen LogP contribution in [0.5, 0.6) is 0 Å². The van der Waals surface area contributed by atoms with Crippen LogP contribution < -0.4 is 10.5 Å². The third-order valence-electron chi connectivity index (χ3n) is 4.36. The fraction of sp³-hybridized carbons (Fsp3) is 0.222. The first kappa shape index (κ1) is 17.9. The zero-order chi connectivity index (χ0) is 18.9. The van der Waals surface area contributed by atoms with E-state index in [9.17, 15) is 8.42 Å². The number of nitrogens with two attached hydrogens (primary N) is 1. The SMILES string of the molecule is Nc1nc2ccccc2c2c1ncn2CCCCNS(=O)(=O)c1cccs1. The van der Waals surface area contributed by atoms with Crippen molar-refractivity contribution in [3.63, 3.8) is 0 Å². The highest BCUT2D eigenvalue weighted by atomic mass is 32.2. The summed E-state index contributed by atoms with van der Waals surface area (Å²) in [5, 5.41) is 2.77. The summed E-state index contributed by atoms with van der Waals surface area (Å²) in [5.41, 5.74) is 8.56. The number of sulfonamides is 1. The van der Waals surface area contributed by atoms with Crippen molar-refractivity contribution in [3.8, 4) is 0 Å². The number of unbranched alkanes of at least 4 members (excludes halogenated alkanes) is 1. The maximum atomic E-state index is 12.1. The van der Waals surface area contributed by atoms with Crippen LogP contribution in [0.1, 0.15) is 12.8 Å². The molecule has 7 nitrogen and oxygen atoms in total. The minimum Gasteiger partial charge on any atom is -0.382 e. The first-order valence-electron chi connectivity index (χ1n) is 8.58. The zero-order valence-electron chi connectivity index (χ0n) is 14.5. The molecule has 27 heavy (non-hydrogen) atoms. The molecule has 0 saturated heterocycles. The normalized spacial score (nSPS) is 12.1. The van der Waals surface area contributed by atoms with Crippen LogP contribution in [0.3, 0.4) is 0 Å². The molecule has 140 valence electrons. The Morgan fingerprint density at radius 1 is 1.15 bits per heavy atom. The lowest BCUT2D eigenvalue weighted by molar-refractivity contribution is 0.570. The van der Waals surface area contributed by atoms with Gasteiger partial charge < -0.3 is 10.3 Å². The molecule has 0 aliphatic carbocycles. The predicted molar refractivity (Wildman–Crippen MR) is 108 cm³/mol. The molecule has 3 heterocycles. The van der Waals surface area contributed by atoms with E-state index in [4.69, 9.17) is 5.73 Å². The topological polar surface area (TPSA) is 103 Å². The molecule has 4 rings (SSSR count). The van der Waals surface area contributed by atoms with Gasteiger partial charge in [0.1, 0.15) is 9.73 Å². The summed E-state index contributed by atoms with van der Waals surface area (Å²) < 4.78 is 29.3. The summed E-state index contributed by atoms with van der Waals surface area (Å²) in [6, 6.07) is 11.2. The Balaban J connectivity index is 1.44. The number of aryl methyl sites for hydroxylation is 1. The fourth-order valence-corrected chi connectivity index (χ4v) is 5.19. The average Bonchev–Trinajstić information content (AvgIpc) is 3.32. The van der Waals surface area contributed by atoms with Crippen molar-refractivity contribution >= 4 is 49.1 Å². The molecule has 0 fully saturated rings. The van der Waals surface area contributed by atoms with Crippen molar-refractivity contribution in [3.05, 3.63) is 48.1 Å². The van der Waals surface area contributed by atoms with E-state index < -0.39 is 10.0 Å². The molecule has 9 heteroatoms. The third kappa shape index (κ3) is 3.53. The number of imidazole rings is 1. The monoisotopic (exact) mass is 401 g/mol. The maximum Gasteiger partial charge on any atom is 0.250 e. The predicted octanol–water partition coefficient (Wildman–Crippen LogP) is 2.99. The smallest absolute Gasteiger partial charge is 0.250 e. The van der Waals surface area contributed by atoms with Crippen LogP contribution in [-0.2, 0) is 16.6 Å². The number of nitrogens with one attached hydrogen (secondary N) is 1. The van der Waals surface area contributed by atoms with Crippen molar-refractivity contribution in [1.29, 1.82) is 0 Å². The Morgan fingerprint density at radius 3 is 2.81 bits per heavy atom. The molecule has 0 saturated carbocycles. The summed E-state index contributed by atoms with van der Waals surface area (Å²) in [4.78, 5) is 8.81. The lowest BCUT2D eigenvalue weighted by Crippen LogP contribution is -2.24. The van der Waals surface area contributed by atoms with Crippen LogP contribution in [0.2, 0.25) is 0 Å². The zero-order valence-corrected chi connectivity index (χ0v) is 16.1. The lowest BCUT2D eigenvalue weighted by Gasteiger charge is -2.08. The van der Waals surface area contributed by atoms with E-state index in [2.05, 4.69) is 19.3 Å². The van der Waals surface area contributed by atoms with Gasteiger partial charge >= 0.3 is 0 Å². The van der Waals surface area contributed by atoms with Crippen LogP contribution in [0, 0.1) is 0 Å². The number of nitrogens with zero attached hydrogens (tertiary/aromatic N) is 3. The largest absolute Gasteiger partial charge is 0.382 e. The van der Waals surface area contributed by atoms with E-state index in [0.717, 1.165) is 35.8 Å². The highest BCUT2D eigenvalue weighted by Gasteiger charge is 2.14. The van der Waals surface area contributed by atoms with Crippen LogP contribution in [0.15, 0.2) is 52.3 Å². The van der Waals surface area contributed by atoms with Gasteiger partial charge in [0.15, 0.2) is 5.82 Å². The Hall–Kier alpha value is -2.49. The number of aromatic nitrogens is 3. The van der Waals surface area contributed by atoms with Gasteiger partial charge in [-0.15, -0.1) is 11.3 Å². The average molecular weight is 402 g/mol. The van der Waals surface area contributed by atoms with Crippen LogP contribution in [-0.4, -0.2) is 29.5 Å². The van der Waals surface area contributed by atoms with Crippen LogP contribution >= 0.6 is 11.3 Å². The van der Waals surface area contributed by atoms with Gasteiger partial charge in [0.2, 0.25) is 10.0 Å². The van der Waals surface area contributed by atoms with Crippen molar-refractivity contribution < 1.29 is 8.42 Å². The standard InChI is InChI=1S/C18H19N5O2S2/c19-18-16-17(13-6-1-2-7-14(13)22-18)23(12-20-16)10-4-3-9-21-27(24,25)15-8-5-11-26-15/h1-2,5-8,11-12,21H,3-4,9-10H2,(H2,19,22). The molecule has 0 aliphatic heterocycles. The molecule has 4 aromatic rings. The molecule has 0 atom stereocenters. The van der Waals surface area contributed by atoms with Crippen LogP contribution in [0.4, 0.5) is 5.82 Å². The Bertz CT molecular complexity index is 1180. The minimum atomic E-state index is -3.40. The lowest BCUT2D eigenvalue weighted by atomic mass is 10.2. The molecule has 0 amide bonds. The molecule has 3 N–H and O–H groups in total. The van der Waals surface area contributed by atoms with Gasteiger partial charge in [-0.1, -0.05) is 24.3 Å². The number of pyridine rings is 1. The second-order valence-electron chi connectivity index (χ2n) is 6.19. The van der Waals surface area contributed by atoms with E-state index in [1.54, 1.807) is 23.8 Å². The van der Waals surface area contributed by atoms with Gasteiger partial charge in [-0.05, 0) is 30.4 Å². The van der Waals surface area contributed by atoms with Crippen LogP contribution in [0.25, 0.3) is 21.9 Å². The number of thiophene rings is 1. The fourth-order valence-electron chi connectivity index (χ4n) is 3.08. The van der Waals surface area contributed by atoms with Gasteiger partial charge in [-0.2, -0.15) is 0 Å². The van der Waals surface area contributed by atoms with Gasteiger partial charge in [-0.25, -0.2) is 23.1 Å². The number of nitrogen functional groups attached to an aromatic ring is 1. The number of para-hydroxylation sites is 1. The molecule has 0 spiro atoms. The van der Waals surface area contributed by atoms with Gasteiger partial charge in [0, 0.05) is 18.5 Å². The summed E-state index contributed by atoms with van der Waals surface area (Å²) in [5.74, 6) is 0.422. The first-order valence-corrected chi connectivity index (χ1v) is 10.9. The quantitative estimate of drug-likeness (QED) is 0.464. The number of hydrogen-bond donors (Lipinski definition) is 2. The molecule has 0 aliphatic rings.